The van der Waals surface area contributed by atoms with Crippen molar-refractivity contribution in [2.24, 2.45) is 0 Å². The number of aliphatic hydroxyl groups is 1. The molecular weight excluding hydrogens is 262 g/mol. The van der Waals surface area contributed by atoms with Crippen molar-refractivity contribution in [2.75, 3.05) is 0 Å². The summed E-state index contributed by atoms with van der Waals surface area (Å²) in [6, 6.07) is 10.1. The number of rotatable bonds is 4. The molecule has 0 radical (unpaired) electrons. The van der Waals surface area contributed by atoms with Crippen molar-refractivity contribution in [3.63, 3.8) is 0 Å². The van der Waals surface area contributed by atoms with Crippen LogP contribution in [0.2, 0.25) is 0 Å². The Labute approximate surface area is 115 Å². The molecule has 4 heteroatoms. The van der Waals surface area contributed by atoms with Crippen LogP contribution < -0.4 is 4.74 Å². The lowest BCUT2D eigenvalue weighted by atomic mass is 10.0. The third kappa shape index (κ3) is 2.80. The molecule has 3 rings (SSSR count). The summed E-state index contributed by atoms with van der Waals surface area (Å²) < 4.78 is 32.2. The summed E-state index contributed by atoms with van der Waals surface area (Å²) in [5, 5.41) is 10.2. The van der Waals surface area contributed by atoms with E-state index in [-0.39, 0.29) is 11.7 Å². The van der Waals surface area contributed by atoms with E-state index >= 15 is 0 Å². The van der Waals surface area contributed by atoms with Gasteiger partial charge in [-0.15, -0.1) is 0 Å². The minimum atomic E-state index is -1.14. The maximum absolute atomic E-state index is 13.7. The highest BCUT2D eigenvalue weighted by Crippen LogP contribution is 2.30. The minimum absolute atomic E-state index is 0.0509. The van der Waals surface area contributed by atoms with Crippen LogP contribution >= 0.6 is 0 Å². The summed E-state index contributed by atoms with van der Waals surface area (Å²) in [6.45, 7) is 0. The van der Waals surface area contributed by atoms with E-state index < -0.39 is 17.7 Å². The molecule has 2 aromatic carbocycles. The highest BCUT2D eigenvalue weighted by molar-refractivity contribution is 5.36. The molecule has 0 aromatic heterocycles. The normalized spacial score (nSPS) is 15.9. The van der Waals surface area contributed by atoms with E-state index in [1.165, 1.54) is 6.07 Å². The second-order valence-electron chi connectivity index (χ2n) is 4.96. The van der Waals surface area contributed by atoms with Gasteiger partial charge in [0.15, 0.2) is 0 Å². The average Bonchev–Trinajstić information content (AvgIpc) is 3.22. The fourth-order valence-corrected chi connectivity index (χ4v) is 2.04. The minimum Gasteiger partial charge on any atom is -0.490 e. The highest BCUT2D eigenvalue weighted by Gasteiger charge is 2.24. The van der Waals surface area contributed by atoms with Gasteiger partial charge in [0, 0.05) is 11.6 Å². The Hall–Kier alpha value is -1.94. The molecular formula is C16H14F2O2. The molecule has 0 bridgehead atoms. The zero-order valence-corrected chi connectivity index (χ0v) is 10.7. The summed E-state index contributed by atoms with van der Waals surface area (Å²) in [5.74, 6) is -0.762. The first-order valence-corrected chi connectivity index (χ1v) is 6.53. The SMILES string of the molecule is OC(c1cccc(OC2CC2)c1)c1ccc(F)cc1F. The Bertz CT molecular complexity index is 624. The third-order valence-electron chi connectivity index (χ3n) is 3.26. The standard InChI is InChI=1S/C16H14F2O2/c17-11-4-7-14(15(18)9-11)16(19)10-2-1-3-13(8-10)20-12-5-6-12/h1-4,7-9,12,16,19H,5-6H2. The molecule has 1 N–H and O–H groups in total. The van der Waals surface area contributed by atoms with Crippen molar-refractivity contribution in [1.82, 2.24) is 0 Å². The molecule has 1 fully saturated rings. The van der Waals surface area contributed by atoms with Crippen LogP contribution in [0.25, 0.3) is 0 Å². The molecule has 0 saturated heterocycles. The number of halogens is 2. The van der Waals surface area contributed by atoms with Gasteiger partial charge in [0.1, 0.15) is 23.5 Å². The fourth-order valence-electron chi connectivity index (χ4n) is 2.04. The lowest BCUT2D eigenvalue weighted by Crippen LogP contribution is -2.04. The Morgan fingerprint density at radius 3 is 2.60 bits per heavy atom. The molecule has 1 aliphatic rings. The van der Waals surface area contributed by atoms with Crippen LogP contribution in [0.1, 0.15) is 30.1 Å². The van der Waals surface area contributed by atoms with E-state index in [1.54, 1.807) is 24.3 Å². The first-order valence-electron chi connectivity index (χ1n) is 6.53. The Kier molecular flexibility index (Phi) is 3.40. The van der Waals surface area contributed by atoms with Gasteiger partial charge in [0.25, 0.3) is 0 Å². The lowest BCUT2D eigenvalue weighted by molar-refractivity contribution is 0.213. The van der Waals surface area contributed by atoms with Crippen molar-refractivity contribution in [3.05, 3.63) is 65.2 Å². The van der Waals surface area contributed by atoms with Gasteiger partial charge in [-0.1, -0.05) is 18.2 Å². The summed E-state index contributed by atoms with van der Waals surface area (Å²) in [6.07, 6.45) is 1.20. The van der Waals surface area contributed by atoms with Gasteiger partial charge in [0.05, 0.1) is 6.10 Å². The number of ether oxygens (including phenoxy) is 1. The van der Waals surface area contributed by atoms with Crippen LogP contribution in [-0.2, 0) is 0 Å². The predicted molar refractivity (Wildman–Crippen MR) is 70.5 cm³/mol. The number of hydrogen-bond donors (Lipinski definition) is 1. The molecule has 1 aliphatic carbocycles. The predicted octanol–water partition coefficient (Wildman–Crippen LogP) is 3.59. The van der Waals surface area contributed by atoms with E-state index in [0.29, 0.717) is 11.3 Å². The summed E-state index contributed by atoms with van der Waals surface area (Å²) in [4.78, 5) is 0. The van der Waals surface area contributed by atoms with Crippen LogP contribution in [0, 0.1) is 11.6 Å². The molecule has 0 amide bonds. The Morgan fingerprint density at radius 2 is 1.90 bits per heavy atom. The third-order valence-corrected chi connectivity index (χ3v) is 3.26. The van der Waals surface area contributed by atoms with Gasteiger partial charge in [-0.25, -0.2) is 8.78 Å². The summed E-state index contributed by atoms with van der Waals surface area (Å²) in [5.41, 5.74) is 0.573. The molecule has 0 spiro atoms. The molecule has 0 heterocycles. The van der Waals surface area contributed by atoms with Gasteiger partial charge in [-0.2, -0.15) is 0 Å². The molecule has 2 nitrogen and oxygen atoms in total. The maximum atomic E-state index is 13.7. The van der Waals surface area contributed by atoms with Gasteiger partial charge in [-0.3, -0.25) is 0 Å². The first kappa shape index (κ1) is 13.1. The maximum Gasteiger partial charge on any atom is 0.132 e. The Balaban J connectivity index is 1.86. The van der Waals surface area contributed by atoms with Crippen molar-refractivity contribution in [2.45, 2.75) is 25.0 Å². The number of benzene rings is 2. The van der Waals surface area contributed by atoms with Gasteiger partial charge < -0.3 is 9.84 Å². The molecule has 1 atom stereocenters. The van der Waals surface area contributed by atoms with Crippen molar-refractivity contribution < 1.29 is 18.6 Å². The summed E-state index contributed by atoms with van der Waals surface area (Å²) in [7, 11) is 0. The fraction of sp³-hybridized carbons (Fsp3) is 0.250. The monoisotopic (exact) mass is 276 g/mol. The molecule has 104 valence electrons. The zero-order valence-electron chi connectivity index (χ0n) is 10.7. The molecule has 1 saturated carbocycles. The van der Waals surface area contributed by atoms with Crippen LogP contribution in [0.3, 0.4) is 0 Å². The van der Waals surface area contributed by atoms with Gasteiger partial charge in [0.2, 0.25) is 0 Å². The lowest BCUT2D eigenvalue weighted by Gasteiger charge is -2.14. The molecule has 1 unspecified atom stereocenters. The molecule has 0 aliphatic heterocycles. The van der Waals surface area contributed by atoms with Crippen LogP contribution in [0.5, 0.6) is 5.75 Å². The van der Waals surface area contributed by atoms with Crippen LogP contribution in [-0.4, -0.2) is 11.2 Å². The van der Waals surface area contributed by atoms with E-state index in [4.69, 9.17) is 4.74 Å². The van der Waals surface area contributed by atoms with Crippen molar-refractivity contribution in [3.8, 4) is 5.75 Å². The molecule has 2 aromatic rings. The number of hydrogen-bond acceptors (Lipinski definition) is 2. The van der Waals surface area contributed by atoms with E-state index in [1.807, 2.05) is 0 Å². The highest BCUT2D eigenvalue weighted by atomic mass is 19.1. The van der Waals surface area contributed by atoms with Crippen LogP contribution in [0.15, 0.2) is 42.5 Å². The first-order chi connectivity index (χ1) is 9.63. The van der Waals surface area contributed by atoms with Crippen LogP contribution in [0.4, 0.5) is 8.78 Å². The van der Waals surface area contributed by atoms with E-state index in [9.17, 15) is 13.9 Å². The largest absolute Gasteiger partial charge is 0.490 e. The van der Waals surface area contributed by atoms with Crippen molar-refractivity contribution >= 4 is 0 Å². The zero-order chi connectivity index (χ0) is 14.1. The van der Waals surface area contributed by atoms with E-state index in [0.717, 1.165) is 25.0 Å². The second kappa shape index (κ2) is 5.21. The van der Waals surface area contributed by atoms with E-state index in [2.05, 4.69) is 0 Å². The number of aliphatic hydroxyl groups excluding tert-OH is 1. The Morgan fingerprint density at radius 1 is 1.10 bits per heavy atom. The smallest absolute Gasteiger partial charge is 0.132 e. The topological polar surface area (TPSA) is 29.5 Å². The van der Waals surface area contributed by atoms with Gasteiger partial charge >= 0.3 is 0 Å². The summed E-state index contributed by atoms with van der Waals surface area (Å²) >= 11 is 0. The average molecular weight is 276 g/mol. The molecule has 20 heavy (non-hydrogen) atoms. The van der Waals surface area contributed by atoms with Crippen molar-refractivity contribution in [1.29, 1.82) is 0 Å². The van der Waals surface area contributed by atoms with Gasteiger partial charge in [-0.05, 0) is 36.6 Å². The second-order valence-corrected chi connectivity index (χ2v) is 4.96. The quantitative estimate of drug-likeness (QED) is 0.924.